The van der Waals surface area contributed by atoms with Gasteiger partial charge in [0, 0.05) is 5.56 Å². The van der Waals surface area contributed by atoms with Crippen LogP contribution in [-0.2, 0) is 9.53 Å². The monoisotopic (exact) mass is 217 g/mol. The number of ether oxygens (including phenoxy) is 2. The van der Waals surface area contributed by atoms with E-state index in [0.717, 1.165) is 5.56 Å². The average molecular weight is 217 g/mol. The van der Waals surface area contributed by atoms with Crippen LogP contribution in [0.4, 0.5) is 0 Å². The normalized spacial score (nSPS) is 22.7. The quantitative estimate of drug-likeness (QED) is 0.480. The number of hydrogen-bond donors (Lipinski definition) is 1. The number of epoxide rings is 1. The fraction of sp³-hybridized carbons (Fsp3) is 0.300. The van der Waals surface area contributed by atoms with Crippen molar-refractivity contribution in [1.29, 1.82) is 0 Å². The number of carboxylic acid groups (broad SMARTS) is 1. The summed E-state index contributed by atoms with van der Waals surface area (Å²) in [5.41, 5.74) is 0.794. The van der Waals surface area contributed by atoms with E-state index >= 15 is 0 Å². The predicted molar refractivity (Wildman–Crippen MR) is 48.2 cm³/mol. The van der Waals surface area contributed by atoms with Gasteiger partial charge in [0.2, 0.25) is 0 Å². The van der Waals surface area contributed by atoms with Crippen molar-refractivity contribution >= 4 is 5.97 Å². The molecule has 0 saturated carbocycles. The van der Waals surface area contributed by atoms with Crippen molar-refractivity contribution in [2.75, 3.05) is 7.11 Å². The third-order valence-corrected chi connectivity index (χ3v) is 2.18. The van der Waals surface area contributed by atoms with Crippen LogP contribution < -0.4 is 34.3 Å². The molecule has 1 N–H and O–H groups in total. The number of carbonyl (C=O) groups is 1. The molecule has 1 fully saturated rings. The van der Waals surface area contributed by atoms with Crippen molar-refractivity contribution in [3.05, 3.63) is 29.8 Å². The standard InChI is InChI=1S/C10H10O4.Na/c1-13-7-5-3-2-4-6(7)8-9(14-8)10(11)12;/h2-5,8-9H,1H3,(H,11,12);/q;+1. The maximum Gasteiger partial charge on any atom is 1.00 e. The molecular weight excluding hydrogens is 207 g/mol. The second kappa shape index (κ2) is 4.99. The molecule has 1 saturated heterocycles. The number of hydrogen-bond acceptors (Lipinski definition) is 3. The molecule has 1 aliphatic rings. The largest absolute Gasteiger partial charge is 1.00 e. The molecular formula is C10H10NaO4+. The van der Waals surface area contributed by atoms with Crippen molar-refractivity contribution < 1.29 is 48.9 Å². The minimum absolute atomic E-state index is 0. The second-order valence-electron chi connectivity index (χ2n) is 3.06. The fourth-order valence-electron chi connectivity index (χ4n) is 1.44. The van der Waals surface area contributed by atoms with Crippen LogP contribution in [0.15, 0.2) is 24.3 Å². The van der Waals surface area contributed by atoms with Crippen LogP contribution in [0.1, 0.15) is 11.7 Å². The molecule has 0 aromatic heterocycles. The first-order chi connectivity index (χ1) is 6.74. The summed E-state index contributed by atoms with van der Waals surface area (Å²) in [6.07, 6.45) is -1.07. The molecule has 74 valence electrons. The first-order valence-corrected chi connectivity index (χ1v) is 4.25. The summed E-state index contributed by atoms with van der Waals surface area (Å²) in [7, 11) is 1.55. The second-order valence-corrected chi connectivity index (χ2v) is 3.06. The van der Waals surface area contributed by atoms with E-state index in [1.807, 2.05) is 18.2 Å². The topological polar surface area (TPSA) is 59.1 Å². The Kier molecular flexibility index (Phi) is 4.16. The molecule has 5 heteroatoms. The predicted octanol–water partition coefficient (Wildman–Crippen LogP) is -1.78. The van der Waals surface area contributed by atoms with Crippen LogP contribution in [0, 0.1) is 0 Å². The Morgan fingerprint density at radius 2 is 2.13 bits per heavy atom. The smallest absolute Gasteiger partial charge is 0.496 e. The van der Waals surface area contributed by atoms with E-state index in [1.165, 1.54) is 0 Å². The molecule has 0 radical (unpaired) electrons. The molecule has 0 amide bonds. The van der Waals surface area contributed by atoms with Gasteiger partial charge in [-0.05, 0) is 6.07 Å². The van der Waals surface area contributed by atoms with E-state index < -0.39 is 12.1 Å². The Morgan fingerprint density at radius 3 is 2.67 bits per heavy atom. The van der Waals surface area contributed by atoms with E-state index in [1.54, 1.807) is 13.2 Å². The molecule has 0 bridgehead atoms. The summed E-state index contributed by atoms with van der Waals surface area (Å²) in [5.74, 6) is -0.262. The molecule has 1 aromatic carbocycles. The molecule has 2 unspecified atom stereocenters. The Labute approximate surface area is 109 Å². The van der Waals surface area contributed by atoms with Gasteiger partial charge >= 0.3 is 35.5 Å². The minimum atomic E-state index is -0.930. The van der Waals surface area contributed by atoms with E-state index in [4.69, 9.17) is 14.6 Å². The molecule has 2 atom stereocenters. The maximum atomic E-state index is 10.6. The van der Waals surface area contributed by atoms with Crippen molar-refractivity contribution in [1.82, 2.24) is 0 Å². The SMILES string of the molecule is COc1ccccc1C1OC1C(=O)O.[Na+]. The van der Waals surface area contributed by atoms with Gasteiger partial charge in [0.05, 0.1) is 7.11 Å². The van der Waals surface area contributed by atoms with Crippen LogP contribution in [-0.4, -0.2) is 24.3 Å². The Balaban J connectivity index is 0.00000112. The third kappa shape index (κ3) is 2.52. The van der Waals surface area contributed by atoms with Crippen LogP contribution >= 0.6 is 0 Å². The van der Waals surface area contributed by atoms with Gasteiger partial charge in [-0.15, -0.1) is 0 Å². The number of rotatable bonds is 3. The van der Waals surface area contributed by atoms with Gasteiger partial charge in [-0.2, -0.15) is 0 Å². The molecule has 1 aliphatic heterocycles. The average Bonchev–Trinajstić information content (AvgIpc) is 2.97. The Bertz CT molecular complexity index is 366. The van der Waals surface area contributed by atoms with Crippen molar-refractivity contribution in [2.45, 2.75) is 12.2 Å². The van der Waals surface area contributed by atoms with Crippen molar-refractivity contribution in [2.24, 2.45) is 0 Å². The maximum absolute atomic E-state index is 10.6. The van der Waals surface area contributed by atoms with Gasteiger partial charge < -0.3 is 14.6 Å². The summed E-state index contributed by atoms with van der Waals surface area (Å²) in [6.45, 7) is 0. The van der Waals surface area contributed by atoms with Crippen LogP contribution in [0.25, 0.3) is 0 Å². The summed E-state index contributed by atoms with van der Waals surface area (Å²) >= 11 is 0. The van der Waals surface area contributed by atoms with Crippen LogP contribution in [0.5, 0.6) is 5.75 Å². The zero-order valence-electron chi connectivity index (χ0n) is 8.64. The van der Waals surface area contributed by atoms with E-state index in [2.05, 4.69) is 0 Å². The molecule has 4 nitrogen and oxygen atoms in total. The third-order valence-electron chi connectivity index (χ3n) is 2.18. The number of carboxylic acids is 1. The van der Waals surface area contributed by atoms with E-state index in [0.29, 0.717) is 5.75 Å². The van der Waals surface area contributed by atoms with Crippen LogP contribution in [0.2, 0.25) is 0 Å². The summed E-state index contributed by atoms with van der Waals surface area (Å²) in [5, 5.41) is 8.68. The van der Waals surface area contributed by atoms with Gasteiger partial charge in [-0.1, -0.05) is 18.2 Å². The number of aliphatic carboxylic acids is 1. The summed E-state index contributed by atoms with van der Waals surface area (Å²) in [6, 6.07) is 7.27. The molecule has 0 spiro atoms. The first kappa shape index (κ1) is 12.5. The number of methoxy groups -OCH3 is 1. The van der Waals surface area contributed by atoms with Gasteiger partial charge in [0.1, 0.15) is 11.9 Å². The van der Waals surface area contributed by atoms with Crippen molar-refractivity contribution in [3.63, 3.8) is 0 Å². The van der Waals surface area contributed by atoms with Gasteiger partial charge in [-0.25, -0.2) is 4.79 Å². The van der Waals surface area contributed by atoms with Crippen LogP contribution in [0.3, 0.4) is 0 Å². The van der Waals surface area contributed by atoms with E-state index in [-0.39, 0.29) is 35.7 Å². The van der Waals surface area contributed by atoms with Crippen molar-refractivity contribution in [3.8, 4) is 5.75 Å². The molecule has 2 rings (SSSR count). The summed E-state index contributed by atoms with van der Waals surface area (Å²) in [4.78, 5) is 10.6. The Hall–Kier alpha value is -0.550. The molecule has 1 aromatic rings. The zero-order chi connectivity index (χ0) is 10.1. The zero-order valence-corrected chi connectivity index (χ0v) is 10.6. The van der Waals surface area contributed by atoms with E-state index in [9.17, 15) is 4.79 Å². The summed E-state index contributed by atoms with van der Waals surface area (Å²) < 4.78 is 10.1. The minimum Gasteiger partial charge on any atom is -0.496 e. The van der Waals surface area contributed by atoms with Gasteiger partial charge in [0.15, 0.2) is 6.10 Å². The number of benzene rings is 1. The number of para-hydroxylation sites is 1. The molecule has 15 heavy (non-hydrogen) atoms. The fourth-order valence-corrected chi connectivity index (χ4v) is 1.44. The molecule has 0 aliphatic carbocycles. The Morgan fingerprint density at radius 1 is 1.47 bits per heavy atom. The first-order valence-electron chi connectivity index (χ1n) is 4.25. The van der Waals surface area contributed by atoms with Gasteiger partial charge in [0.25, 0.3) is 0 Å². The molecule has 1 heterocycles. The van der Waals surface area contributed by atoms with Gasteiger partial charge in [-0.3, -0.25) is 0 Å².